The lowest BCUT2D eigenvalue weighted by Crippen LogP contribution is -2.03. The van der Waals surface area contributed by atoms with E-state index in [4.69, 9.17) is 14.2 Å². The third-order valence-electron chi connectivity index (χ3n) is 3.36. The molecule has 2 aromatic rings. The summed E-state index contributed by atoms with van der Waals surface area (Å²) in [5, 5.41) is 2.04. The van der Waals surface area contributed by atoms with Crippen molar-refractivity contribution in [2.75, 3.05) is 27.6 Å². The highest BCUT2D eigenvalue weighted by molar-refractivity contribution is 5.98. The van der Waals surface area contributed by atoms with Crippen LogP contribution in [0.1, 0.15) is 22.3 Å². The maximum Gasteiger partial charge on any atom is 0.188 e. The molecule has 0 unspecified atom stereocenters. The van der Waals surface area contributed by atoms with Crippen LogP contribution in [0, 0.1) is 0 Å². The van der Waals surface area contributed by atoms with Crippen LogP contribution in [-0.4, -0.2) is 33.9 Å². The van der Waals surface area contributed by atoms with Gasteiger partial charge in [0.1, 0.15) is 5.75 Å². The molecule has 0 aliphatic rings. The predicted molar refractivity (Wildman–Crippen MR) is 82.0 cm³/mol. The van der Waals surface area contributed by atoms with Gasteiger partial charge in [0.05, 0.1) is 5.56 Å². The summed E-state index contributed by atoms with van der Waals surface area (Å²) in [7, 11) is 3.26. The fourth-order valence-electron chi connectivity index (χ4n) is 2.42. The van der Waals surface area contributed by atoms with E-state index in [2.05, 4.69) is 6.07 Å². The van der Waals surface area contributed by atoms with Crippen molar-refractivity contribution in [3.63, 3.8) is 0 Å². The second-order valence-corrected chi connectivity index (χ2v) is 4.76. The summed E-state index contributed by atoms with van der Waals surface area (Å²) in [5.41, 5.74) is 1.69. The molecule has 0 bridgehead atoms. The topological polar surface area (TPSA) is 44.8 Å². The van der Waals surface area contributed by atoms with Gasteiger partial charge in [0.2, 0.25) is 0 Å². The molecule has 0 saturated heterocycles. The molecule has 0 atom stereocenters. The van der Waals surface area contributed by atoms with E-state index in [0.29, 0.717) is 17.9 Å². The highest BCUT2D eigenvalue weighted by Crippen LogP contribution is 2.32. The summed E-state index contributed by atoms with van der Waals surface area (Å²) in [4.78, 5) is 11.3. The molecule has 0 heterocycles. The normalized spacial score (nSPS) is 10.8. The largest absolute Gasteiger partial charge is 0.466 e. The molecule has 4 nitrogen and oxygen atoms in total. The minimum atomic E-state index is 0.117. The van der Waals surface area contributed by atoms with E-state index in [1.54, 1.807) is 20.3 Å². The number of hydrogen-bond donors (Lipinski definition) is 0. The third kappa shape index (κ3) is 3.60. The maximum absolute atomic E-state index is 11.3. The Balaban J connectivity index is 2.49. The van der Waals surface area contributed by atoms with Gasteiger partial charge >= 0.3 is 0 Å². The van der Waals surface area contributed by atoms with Crippen LogP contribution in [0.15, 0.2) is 30.3 Å². The summed E-state index contributed by atoms with van der Waals surface area (Å²) < 4.78 is 15.7. The summed E-state index contributed by atoms with van der Waals surface area (Å²) in [6, 6.07) is 9.82. The lowest BCUT2D eigenvalue weighted by molar-refractivity contribution is 0.0516. The highest BCUT2D eigenvalue weighted by atomic mass is 16.7. The summed E-state index contributed by atoms with van der Waals surface area (Å²) >= 11 is 0. The highest BCUT2D eigenvalue weighted by Gasteiger charge is 2.12. The van der Waals surface area contributed by atoms with Crippen molar-refractivity contribution in [1.82, 2.24) is 0 Å². The van der Waals surface area contributed by atoms with Crippen molar-refractivity contribution in [3.05, 3.63) is 41.5 Å². The number of methoxy groups -OCH3 is 2. The summed E-state index contributed by atoms with van der Waals surface area (Å²) in [6.45, 7) is 0.824. The molecule has 2 rings (SSSR count). The molecule has 0 N–H and O–H groups in total. The number of ether oxygens (including phenoxy) is 3. The first kappa shape index (κ1) is 15.5. The Labute approximate surface area is 124 Å². The summed E-state index contributed by atoms with van der Waals surface area (Å²) in [5.74, 6) is 0.595. The van der Waals surface area contributed by atoms with E-state index >= 15 is 0 Å². The fourth-order valence-corrected chi connectivity index (χ4v) is 2.42. The van der Waals surface area contributed by atoms with Gasteiger partial charge in [-0.3, -0.25) is 4.79 Å². The maximum atomic E-state index is 11.3. The molecule has 0 saturated carbocycles. The van der Waals surface area contributed by atoms with Gasteiger partial charge in [-0.15, -0.1) is 0 Å². The number of benzene rings is 2. The zero-order valence-corrected chi connectivity index (χ0v) is 12.4. The monoisotopic (exact) mass is 288 g/mol. The number of carbonyl (C=O) groups is 1. The van der Waals surface area contributed by atoms with Crippen molar-refractivity contribution in [2.24, 2.45) is 0 Å². The first-order chi connectivity index (χ1) is 10.3. The molecule has 0 aromatic heterocycles. The molecule has 112 valence electrons. The third-order valence-corrected chi connectivity index (χ3v) is 3.36. The van der Waals surface area contributed by atoms with Crippen LogP contribution in [0.2, 0.25) is 0 Å². The van der Waals surface area contributed by atoms with E-state index in [0.717, 1.165) is 35.5 Å². The molecule has 0 fully saturated rings. The van der Waals surface area contributed by atoms with Gasteiger partial charge < -0.3 is 14.2 Å². The van der Waals surface area contributed by atoms with Crippen molar-refractivity contribution in [3.8, 4) is 5.75 Å². The van der Waals surface area contributed by atoms with Crippen LogP contribution in [0.4, 0.5) is 0 Å². The lowest BCUT2D eigenvalue weighted by Gasteiger charge is -2.14. The predicted octanol–water partition coefficient (Wildman–Crippen LogP) is 3.21. The average Bonchev–Trinajstić information content (AvgIpc) is 2.52. The Kier molecular flexibility index (Phi) is 5.72. The zero-order chi connectivity index (χ0) is 15.1. The van der Waals surface area contributed by atoms with Crippen LogP contribution in [0.3, 0.4) is 0 Å². The van der Waals surface area contributed by atoms with E-state index in [1.807, 2.05) is 18.2 Å². The van der Waals surface area contributed by atoms with Gasteiger partial charge in [0.25, 0.3) is 0 Å². The molecule has 0 radical (unpaired) electrons. The number of hydrogen-bond acceptors (Lipinski definition) is 4. The Hall–Kier alpha value is -1.91. The van der Waals surface area contributed by atoms with Crippen LogP contribution < -0.4 is 4.74 Å². The number of carbonyl (C=O) groups excluding carboxylic acids is 1. The van der Waals surface area contributed by atoms with Gasteiger partial charge in [-0.25, -0.2) is 0 Å². The number of aldehydes is 1. The second-order valence-electron chi connectivity index (χ2n) is 4.76. The Morgan fingerprint density at radius 2 is 1.95 bits per heavy atom. The van der Waals surface area contributed by atoms with E-state index in [-0.39, 0.29) is 6.79 Å². The molecule has 21 heavy (non-hydrogen) atoms. The van der Waals surface area contributed by atoms with Gasteiger partial charge in [0.15, 0.2) is 13.1 Å². The number of fused-ring (bicyclic) bond motifs is 1. The van der Waals surface area contributed by atoms with Crippen molar-refractivity contribution < 1.29 is 19.0 Å². The molecule has 0 aliphatic heterocycles. The van der Waals surface area contributed by atoms with Crippen molar-refractivity contribution in [1.29, 1.82) is 0 Å². The number of rotatable bonds is 8. The minimum absolute atomic E-state index is 0.117. The molecule has 0 aliphatic carbocycles. The fraction of sp³-hybridized carbons (Fsp3) is 0.353. The first-order valence-corrected chi connectivity index (χ1v) is 6.92. The van der Waals surface area contributed by atoms with Crippen molar-refractivity contribution >= 4 is 17.1 Å². The molecule has 4 heteroatoms. The van der Waals surface area contributed by atoms with Crippen LogP contribution >= 0.6 is 0 Å². The van der Waals surface area contributed by atoms with Crippen molar-refractivity contribution in [2.45, 2.75) is 12.8 Å². The van der Waals surface area contributed by atoms with E-state index in [9.17, 15) is 4.79 Å². The van der Waals surface area contributed by atoms with E-state index < -0.39 is 0 Å². The number of aryl methyl sites for hydroxylation is 1. The van der Waals surface area contributed by atoms with Crippen LogP contribution in [-0.2, 0) is 15.9 Å². The van der Waals surface area contributed by atoms with Gasteiger partial charge in [-0.05, 0) is 29.9 Å². The molecule has 0 spiro atoms. The van der Waals surface area contributed by atoms with Gasteiger partial charge in [-0.2, -0.15) is 0 Å². The van der Waals surface area contributed by atoms with E-state index in [1.165, 1.54) is 0 Å². The molecule has 0 amide bonds. The van der Waals surface area contributed by atoms with Gasteiger partial charge in [0, 0.05) is 26.2 Å². The smallest absolute Gasteiger partial charge is 0.188 e. The Bertz CT molecular complexity index is 607. The molecular weight excluding hydrogens is 268 g/mol. The quantitative estimate of drug-likeness (QED) is 0.425. The standard InChI is InChI=1S/C17H20O4/c1-19-10-4-7-13-5-3-6-14-8-9-15(11-18)17(16(13)14)21-12-20-2/h3,5-6,8-9,11H,4,7,10,12H2,1-2H3. The molecular formula is C17H20O4. The van der Waals surface area contributed by atoms with Gasteiger partial charge in [-0.1, -0.05) is 24.3 Å². The average molecular weight is 288 g/mol. The second kappa shape index (κ2) is 7.76. The Morgan fingerprint density at radius 3 is 2.67 bits per heavy atom. The van der Waals surface area contributed by atoms with Crippen LogP contribution in [0.5, 0.6) is 5.75 Å². The zero-order valence-electron chi connectivity index (χ0n) is 12.4. The first-order valence-electron chi connectivity index (χ1n) is 6.92. The lowest BCUT2D eigenvalue weighted by atomic mass is 9.98. The van der Waals surface area contributed by atoms with Crippen LogP contribution in [0.25, 0.3) is 10.8 Å². The molecule has 2 aromatic carbocycles. The summed E-state index contributed by atoms with van der Waals surface area (Å²) in [6.07, 6.45) is 2.61. The Morgan fingerprint density at radius 1 is 1.10 bits per heavy atom. The minimum Gasteiger partial charge on any atom is -0.466 e. The SMILES string of the molecule is COCCCc1cccc2ccc(C=O)c(OCOC)c12.